The zero-order valence-corrected chi connectivity index (χ0v) is 18.4. The van der Waals surface area contributed by atoms with Crippen LogP contribution in [0, 0.1) is 0 Å². The van der Waals surface area contributed by atoms with Crippen LogP contribution >= 0.6 is 11.3 Å². The van der Waals surface area contributed by atoms with Gasteiger partial charge in [-0.05, 0) is 31.0 Å². The van der Waals surface area contributed by atoms with E-state index in [-0.39, 0.29) is 25.3 Å². The van der Waals surface area contributed by atoms with Gasteiger partial charge in [-0.3, -0.25) is 10.0 Å². The molecule has 11 heteroatoms. The van der Waals surface area contributed by atoms with E-state index in [0.29, 0.717) is 35.4 Å². The van der Waals surface area contributed by atoms with E-state index in [4.69, 9.17) is 10.3 Å². The van der Waals surface area contributed by atoms with E-state index in [1.165, 1.54) is 11.3 Å². The van der Waals surface area contributed by atoms with E-state index in [2.05, 4.69) is 10.6 Å². The summed E-state index contributed by atoms with van der Waals surface area (Å²) in [5, 5.41) is 23.1. The van der Waals surface area contributed by atoms with Crippen molar-refractivity contribution in [1.82, 2.24) is 10.8 Å². The first-order chi connectivity index (χ1) is 14.8. The molecule has 0 spiro atoms. The first-order valence-electron chi connectivity index (χ1n) is 9.83. The van der Waals surface area contributed by atoms with Gasteiger partial charge in [-0.15, -0.1) is 11.3 Å². The summed E-state index contributed by atoms with van der Waals surface area (Å²) in [5.74, 6) is -0.759. The Morgan fingerprint density at radius 1 is 1.13 bits per heavy atom. The fourth-order valence-electron chi connectivity index (χ4n) is 3.78. The van der Waals surface area contributed by atoms with Crippen molar-refractivity contribution < 1.29 is 28.3 Å². The Balaban J connectivity index is 1.98. The molecule has 0 saturated carbocycles. The second-order valence-corrected chi connectivity index (χ2v) is 10.8. The molecule has 1 atom stereocenters. The van der Waals surface area contributed by atoms with Gasteiger partial charge < -0.3 is 15.7 Å². The van der Waals surface area contributed by atoms with Gasteiger partial charge in [0.05, 0.1) is 24.5 Å². The number of hydrogen-bond acceptors (Lipinski definition) is 7. The number of sulfone groups is 1. The van der Waals surface area contributed by atoms with Gasteiger partial charge in [0.2, 0.25) is 5.91 Å². The van der Waals surface area contributed by atoms with E-state index in [1.807, 2.05) is 0 Å². The van der Waals surface area contributed by atoms with Crippen molar-refractivity contribution in [2.24, 2.45) is 0 Å². The van der Waals surface area contributed by atoms with E-state index in [1.54, 1.807) is 41.9 Å². The summed E-state index contributed by atoms with van der Waals surface area (Å²) < 4.78 is 24.8. The SMILES string of the molecule is O=C(C[C@]1(c2ccc(-c3ccccc3NC(=O)NCCO)s2)CCCCS1(=O)=O)NO. The molecule has 1 aromatic carbocycles. The van der Waals surface area contributed by atoms with Gasteiger partial charge in [-0.2, -0.15) is 0 Å². The van der Waals surface area contributed by atoms with Gasteiger partial charge in [0.1, 0.15) is 4.75 Å². The Morgan fingerprint density at radius 3 is 2.61 bits per heavy atom. The van der Waals surface area contributed by atoms with Crippen molar-refractivity contribution in [2.75, 3.05) is 24.2 Å². The Hall–Kier alpha value is -2.47. The van der Waals surface area contributed by atoms with Crippen molar-refractivity contribution in [3.05, 3.63) is 41.3 Å². The largest absolute Gasteiger partial charge is 0.395 e. The van der Waals surface area contributed by atoms with Crippen molar-refractivity contribution in [3.8, 4) is 10.4 Å². The number of hydroxylamine groups is 1. The molecule has 0 aliphatic carbocycles. The maximum atomic E-state index is 13.1. The highest BCUT2D eigenvalue weighted by atomic mass is 32.2. The Labute approximate surface area is 184 Å². The summed E-state index contributed by atoms with van der Waals surface area (Å²) in [6, 6.07) is 10.1. The predicted octanol–water partition coefficient (Wildman–Crippen LogP) is 2.22. The van der Waals surface area contributed by atoms with Gasteiger partial charge in [-0.25, -0.2) is 18.7 Å². The molecule has 2 aromatic rings. The minimum absolute atomic E-state index is 0.0118. The number of aliphatic hydroxyl groups excluding tert-OH is 1. The van der Waals surface area contributed by atoms with Crippen molar-refractivity contribution >= 4 is 38.8 Å². The molecule has 5 N–H and O–H groups in total. The lowest BCUT2D eigenvalue weighted by Gasteiger charge is -2.35. The number of nitrogens with one attached hydrogen (secondary N) is 3. The molecule has 9 nitrogen and oxygen atoms in total. The highest BCUT2D eigenvalue weighted by Gasteiger charge is 2.49. The molecule has 0 radical (unpaired) electrons. The topological polar surface area (TPSA) is 145 Å². The monoisotopic (exact) mass is 467 g/mol. The van der Waals surface area contributed by atoms with E-state index >= 15 is 0 Å². The second-order valence-electron chi connectivity index (χ2n) is 7.30. The van der Waals surface area contributed by atoms with Crippen molar-refractivity contribution in [1.29, 1.82) is 0 Å². The van der Waals surface area contributed by atoms with Gasteiger partial charge >= 0.3 is 6.03 Å². The maximum absolute atomic E-state index is 13.1. The smallest absolute Gasteiger partial charge is 0.319 e. The molecule has 1 aliphatic rings. The number of carbonyl (C=O) groups is 2. The third kappa shape index (κ3) is 4.90. The summed E-state index contributed by atoms with van der Waals surface area (Å²) in [6.45, 7) is -0.0637. The van der Waals surface area contributed by atoms with Crippen LogP contribution in [0.15, 0.2) is 36.4 Å². The van der Waals surface area contributed by atoms with E-state index in [9.17, 15) is 18.0 Å². The molecule has 2 heterocycles. The average Bonchev–Trinajstić information content (AvgIpc) is 3.24. The Kier molecular flexibility index (Phi) is 7.31. The molecule has 3 amide bonds. The second kappa shape index (κ2) is 9.77. The summed E-state index contributed by atoms with van der Waals surface area (Å²) >= 11 is 1.25. The molecule has 31 heavy (non-hydrogen) atoms. The van der Waals surface area contributed by atoms with Crippen LogP contribution in [-0.2, 0) is 19.4 Å². The number of rotatable bonds is 7. The molecule has 1 aliphatic heterocycles. The number of aliphatic hydroxyl groups is 1. The lowest BCUT2D eigenvalue weighted by atomic mass is 9.94. The molecule has 0 bridgehead atoms. The van der Waals surface area contributed by atoms with Crippen LogP contribution in [0.25, 0.3) is 10.4 Å². The quantitative estimate of drug-likeness (QED) is 0.312. The van der Waals surface area contributed by atoms with Crippen LogP contribution in [0.2, 0.25) is 0 Å². The summed E-state index contributed by atoms with van der Waals surface area (Å²) in [5.41, 5.74) is 2.79. The highest BCUT2D eigenvalue weighted by molar-refractivity contribution is 7.92. The van der Waals surface area contributed by atoms with E-state index < -0.39 is 26.5 Å². The van der Waals surface area contributed by atoms with E-state index in [0.717, 1.165) is 4.88 Å². The summed E-state index contributed by atoms with van der Waals surface area (Å²) in [6.07, 6.45) is 1.15. The molecular weight excluding hydrogens is 442 g/mol. The third-order valence-corrected chi connectivity index (χ3v) is 9.34. The molecule has 1 saturated heterocycles. The Bertz CT molecular complexity index is 1050. The van der Waals surface area contributed by atoms with Crippen molar-refractivity contribution in [2.45, 2.75) is 30.4 Å². The maximum Gasteiger partial charge on any atom is 0.319 e. The lowest BCUT2D eigenvalue weighted by Crippen LogP contribution is -2.43. The standard InChI is InChI=1S/C20H25N3O6S2/c24-11-10-21-19(26)22-15-6-2-1-5-14(15)16-7-8-17(30-16)20(13-18(25)23-27)9-3-4-12-31(20,28)29/h1-2,5-8,24,27H,3-4,9-13H2,(H,23,25)(H2,21,22,26)/t20-/m0/s1. The number of thiophene rings is 1. The number of para-hydroxylation sites is 1. The zero-order chi connectivity index (χ0) is 22.5. The van der Waals surface area contributed by atoms with Crippen LogP contribution in [0.5, 0.6) is 0 Å². The van der Waals surface area contributed by atoms with Crippen molar-refractivity contribution in [3.63, 3.8) is 0 Å². The van der Waals surface area contributed by atoms with Gasteiger partial charge in [-0.1, -0.05) is 24.6 Å². The lowest BCUT2D eigenvalue weighted by molar-refractivity contribution is -0.130. The number of carbonyl (C=O) groups excluding carboxylic acids is 2. The van der Waals surface area contributed by atoms with Crippen LogP contribution < -0.4 is 16.1 Å². The van der Waals surface area contributed by atoms with Gasteiger partial charge in [0.25, 0.3) is 0 Å². The van der Waals surface area contributed by atoms with Crippen LogP contribution in [0.1, 0.15) is 30.6 Å². The van der Waals surface area contributed by atoms with Gasteiger partial charge in [0.15, 0.2) is 9.84 Å². The van der Waals surface area contributed by atoms with Crippen LogP contribution in [0.4, 0.5) is 10.5 Å². The number of anilines is 1. The fourth-order valence-corrected chi connectivity index (χ4v) is 7.60. The predicted molar refractivity (Wildman–Crippen MR) is 118 cm³/mol. The molecule has 1 fully saturated rings. The molecular formula is C20H25N3O6S2. The third-order valence-electron chi connectivity index (χ3n) is 5.30. The van der Waals surface area contributed by atoms with Crippen LogP contribution in [-0.4, -0.2) is 49.6 Å². The zero-order valence-electron chi connectivity index (χ0n) is 16.8. The first kappa shape index (κ1) is 23.2. The molecule has 3 rings (SSSR count). The first-order valence-corrected chi connectivity index (χ1v) is 12.3. The van der Waals surface area contributed by atoms with Gasteiger partial charge in [0, 0.05) is 21.9 Å². The molecule has 0 unspecified atom stereocenters. The molecule has 168 valence electrons. The van der Waals surface area contributed by atoms with Crippen LogP contribution in [0.3, 0.4) is 0 Å². The fraction of sp³-hybridized carbons (Fsp3) is 0.400. The highest BCUT2D eigenvalue weighted by Crippen LogP contribution is 2.47. The number of hydrogen-bond donors (Lipinski definition) is 5. The minimum atomic E-state index is -3.62. The minimum Gasteiger partial charge on any atom is -0.395 e. The summed E-state index contributed by atoms with van der Waals surface area (Å²) in [7, 11) is -3.62. The summed E-state index contributed by atoms with van der Waals surface area (Å²) in [4.78, 5) is 25.3. The number of urea groups is 1. The molecule has 1 aromatic heterocycles. The Morgan fingerprint density at radius 2 is 1.90 bits per heavy atom. The number of benzene rings is 1. The number of amides is 3. The normalized spacial score (nSPS) is 20.1. The average molecular weight is 468 g/mol.